The molecule has 0 heterocycles. The molecule has 4 heteroatoms. The van der Waals surface area contributed by atoms with E-state index in [1.165, 1.54) is 5.57 Å². The highest BCUT2D eigenvalue weighted by Gasteiger charge is 2.58. The topological polar surface area (TPSA) is 46.5 Å². The fourth-order valence-electron chi connectivity index (χ4n) is 7.37. The number of ether oxygens (including phenoxy) is 1. The first-order valence-electron chi connectivity index (χ1n) is 10.8. The van der Waals surface area contributed by atoms with E-state index in [2.05, 4.69) is 32.9 Å². The maximum absolute atomic E-state index is 14.4. The monoisotopic (exact) mass is 388 g/mol. The number of halogens is 1. The lowest BCUT2D eigenvalue weighted by Gasteiger charge is -2.57. The largest absolute Gasteiger partial charge is 0.501 e. The third-order valence-electron chi connectivity index (χ3n) is 8.86. The van der Waals surface area contributed by atoms with E-state index in [0.29, 0.717) is 35.7 Å². The normalized spacial score (nSPS) is 43.9. The molecule has 3 nitrogen and oxygen atoms in total. The summed E-state index contributed by atoms with van der Waals surface area (Å²) in [6.45, 7) is 6.78. The minimum Gasteiger partial charge on any atom is -0.501 e. The molecule has 0 amide bonds. The first kappa shape index (κ1) is 19.7. The summed E-state index contributed by atoms with van der Waals surface area (Å²) in [6.07, 6.45) is 11.4. The third kappa shape index (κ3) is 2.63. The predicted octanol–water partition coefficient (Wildman–Crippen LogP) is 6.03. The van der Waals surface area contributed by atoms with Crippen LogP contribution in [-0.2, 0) is 9.53 Å². The van der Waals surface area contributed by atoms with Crippen molar-refractivity contribution in [2.75, 3.05) is 7.11 Å². The number of carboxylic acids is 1. The summed E-state index contributed by atoms with van der Waals surface area (Å²) in [4.78, 5) is 11.3. The van der Waals surface area contributed by atoms with Gasteiger partial charge in [-0.3, -0.25) is 0 Å². The van der Waals surface area contributed by atoms with Crippen molar-refractivity contribution in [1.82, 2.24) is 0 Å². The van der Waals surface area contributed by atoms with E-state index in [4.69, 9.17) is 4.74 Å². The summed E-state index contributed by atoms with van der Waals surface area (Å²) in [5, 5.41) is 9.22. The maximum Gasteiger partial charge on any atom is 0.364 e. The van der Waals surface area contributed by atoms with E-state index in [9.17, 15) is 14.3 Å². The summed E-state index contributed by atoms with van der Waals surface area (Å²) < 4.78 is 20.1. The summed E-state index contributed by atoms with van der Waals surface area (Å²) >= 11 is 0. The Hall–Kier alpha value is -1.58. The molecule has 0 aromatic carbocycles. The number of hydrogen-bond acceptors (Lipinski definition) is 2. The van der Waals surface area contributed by atoms with Gasteiger partial charge in [-0.25, -0.2) is 4.79 Å². The van der Waals surface area contributed by atoms with Crippen LogP contribution in [0.1, 0.15) is 65.7 Å². The fraction of sp³-hybridized carbons (Fsp3) is 0.708. The molecule has 2 fully saturated rings. The minimum absolute atomic E-state index is 0.144. The first-order valence-corrected chi connectivity index (χ1v) is 10.8. The number of rotatable bonds is 3. The van der Waals surface area contributed by atoms with Gasteiger partial charge < -0.3 is 9.84 Å². The van der Waals surface area contributed by atoms with E-state index in [1.54, 1.807) is 7.11 Å². The van der Waals surface area contributed by atoms with Crippen LogP contribution in [0.25, 0.3) is 0 Å². The molecule has 1 N–H and O–H groups in total. The predicted molar refractivity (Wildman–Crippen MR) is 107 cm³/mol. The molecule has 154 valence electrons. The molecule has 4 rings (SSSR count). The van der Waals surface area contributed by atoms with Gasteiger partial charge in [-0.1, -0.05) is 26.8 Å². The number of carbonyl (C=O) groups is 1. The van der Waals surface area contributed by atoms with Gasteiger partial charge in [-0.2, -0.15) is 4.39 Å². The van der Waals surface area contributed by atoms with Gasteiger partial charge in [0, 0.05) is 5.92 Å². The molecule has 6 atom stereocenters. The average molecular weight is 389 g/mol. The molecular weight excluding hydrogens is 355 g/mol. The zero-order valence-electron chi connectivity index (χ0n) is 17.6. The second-order valence-corrected chi connectivity index (χ2v) is 9.84. The zero-order valence-corrected chi connectivity index (χ0v) is 17.6. The lowest BCUT2D eigenvalue weighted by atomic mass is 9.47. The Labute approximate surface area is 167 Å². The van der Waals surface area contributed by atoms with Crippen LogP contribution in [0.5, 0.6) is 0 Å². The van der Waals surface area contributed by atoms with Gasteiger partial charge in [0.2, 0.25) is 5.83 Å². The number of aliphatic carboxylic acids is 1. The molecule has 2 saturated carbocycles. The van der Waals surface area contributed by atoms with Gasteiger partial charge in [-0.05, 0) is 90.8 Å². The summed E-state index contributed by atoms with van der Waals surface area (Å²) in [5.41, 5.74) is 1.84. The van der Waals surface area contributed by atoms with Gasteiger partial charge in [0.15, 0.2) is 0 Å². The van der Waals surface area contributed by atoms with Crippen LogP contribution in [-0.4, -0.2) is 18.2 Å². The number of fused-ring (bicyclic) bond motifs is 5. The average Bonchev–Trinajstić information content (AvgIpc) is 3.03. The molecule has 4 aliphatic carbocycles. The van der Waals surface area contributed by atoms with Crippen LogP contribution in [0.2, 0.25) is 0 Å². The molecule has 0 radical (unpaired) electrons. The van der Waals surface area contributed by atoms with E-state index in [1.807, 2.05) is 0 Å². The number of carboxylic acid groups (broad SMARTS) is 1. The van der Waals surface area contributed by atoms with E-state index in [-0.39, 0.29) is 10.8 Å². The Kier molecular flexibility index (Phi) is 4.75. The molecule has 0 aliphatic heterocycles. The first-order chi connectivity index (χ1) is 13.3. The molecular formula is C24H33FO3. The smallest absolute Gasteiger partial charge is 0.364 e. The van der Waals surface area contributed by atoms with Crippen LogP contribution in [0.4, 0.5) is 4.39 Å². The third-order valence-corrected chi connectivity index (χ3v) is 8.86. The van der Waals surface area contributed by atoms with Crippen LogP contribution < -0.4 is 0 Å². The van der Waals surface area contributed by atoms with Crippen molar-refractivity contribution < 1.29 is 19.0 Å². The molecule has 0 unspecified atom stereocenters. The van der Waals surface area contributed by atoms with Crippen molar-refractivity contribution in [3.05, 3.63) is 34.9 Å². The van der Waals surface area contributed by atoms with Crippen molar-refractivity contribution in [2.24, 2.45) is 34.5 Å². The van der Waals surface area contributed by atoms with Crippen molar-refractivity contribution in [2.45, 2.75) is 65.7 Å². The van der Waals surface area contributed by atoms with Crippen LogP contribution in [0.15, 0.2) is 34.9 Å². The molecule has 0 aromatic rings. The van der Waals surface area contributed by atoms with Crippen molar-refractivity contribution in [3.63, 3.8) is 0 Å². The van der Waals surface area contributed by atoms with Gasteiger partial charge >= 0.3 is 5.97 Å². The van der Waals surface area contributed by atoms with Crippen molar-refractivity contribution in [1.29, 1.82) is 0 Å². The summed E-state index contributed by atoms with van der Waals surface area (Å²) in [7, 11) is 1.78. The second-order valence-electron chi connectivity index (χ2n) is 9.84. The highest BCUT2D eigenvalue weighted by molar-refractivity contribution is 5.85. The van der Waals surface area contributed by atoms with Gasteiger partial charge in [0.1, 0.15) is 0 Å². The summed E-state index contributed by atoms with van der Waals surface area (Å²) in [6, 6.07) is 0. The zero-order chi connectivity index (χ0) is 20.3. The lowest BCUT2D eigenvalue weighted by Crippen LogP contribution is -2.49. The van der Waals surface area contributed by atoms with Crippen LogP contribution in [0.3, 0.4) is 0 Å². The minimum atomic E-state index is -1.40. The maximum atomic E-state index is 14.4. The van der Waals surface area contributed by atoms with E-state index >= 15 is 0 Å². The van der Waals surface area contributed by atoms with E-state index in [0.717, 1.165) is 44.3 Å². The molecule has 0 saturated heterocycles. The van der Waals surface area contributed by atoms with Gasteiger partial charge in [-0.15, -0.1) is 0 Å². The number of hydrogen-bond donors (Lipinski definition) is 1. The Morgan fingerprint density at radius 3 is 2.64 bits per heavy atom. The number of allylic oxidation sites excluding steroid dienone is 5. The highest BCUT2D eigenvalue weighted by Crippen LogP contribution is 2.66. The SMILES string of the molecule is CC[C@@H]1C[C@@]2(C)C(=CC[C@@H]3[C@@H]2CC[C@]2(C)C(=C(F)C(=O)O)CC[C@@H]32)C=C1OC. The Bertz CT molecular complexity index is 779. The van der Waals surface area contributed by atoms with E-state index < -0.39 is 11.8 Å². The molecule has 0 spiro atoms. The fourth-order valence-corrected chi connectivity index (χ4v) is 7.37. The summed E-state index contributed by atoms with van der Waals surface area (Å²) in [5.74, 6) is 0.768. The van der Waals surface area contributed by atoms with Gasteiger partial charge in [0.05, 0.1) is 12.9 Å². The van der Waals surface area contributed by atoms with Crippen LogP contribution in [0, 0.1) is 34.5 Å². The molecule has 4 aliphatic rings. The Morgan fingerprint density at radius 2 is 2.00 bits per heavy atom. The molecule has 28 heavy (non-hydrogen) atoms. The lowest BCUT2D eigenvalue weighted by molar-refractivity contribution is -0.134. The van der Waals surface area contributed by atoms with Crippen molar-refractivity contribution >= 4 is 5.97 Å². The Balaban J connectivity index is 1.71. The van der Waals surface area contributed by atoms with Crippen molar-refractivity contribution in [3.8, 4) is 0 Å². The van der Waals surface area contributed by atoms with Crippen LogP contribution >= 0.6 is 0 Å². The molecule has 0 bridgehead atoms. The second kappa shape index (κ2) is 6.74. The quantitative estimate of drug-likeness (QED) is 0.600. The molecule has 0 aromatic heterocycles. The Morgan fingerprint density at radius 1 is 1.29 bits per heavy atom. The number of methoxy groups -OCH3 is 1. The van der Waals surface area contributed by atoms with Gasteiger partial charge in [0.25, 0.3) is 0 Å². The standard InChI is InChI=1S/C24H33FO3/c1-5-14-13-24(3)15(12-20(14)28-4)6-7-16-17-8-9-19(21(25)22(26)27)23(17,2)11-10-18(16)24/h6,12,14,16-18H,5,7-11,13H2,1-4H3,(H,26,27)/t14-,16+,17+,18+,23+,24+/m1/s1. The highest BCUT2D eigenvalue weighted by atomic mass is 19.1.